The molecular weight excluding hydrogens is 220 g/mol. The number of hydrogen-bond acceptors (Lipinski definition) is 1. The molecule has 0 amide bonds. The summed E-state index contributed by atoms with van der Waals surface area (Å²) < 4.78 is 26.1. The highest BCUT2D eigenvalue weighted by atomic mass is 35.5. The van der Waals surface area contributed by atoms with Crippen LogP contribution in [0.3, 0.4) is 0 Å². The second-order valence-corrected chi connectivity index (χ2v) is 4.15. The van der Waals surface area contributed by atoms with Crippen LogP contribution in [0.4, 0.5) is 8.78 Å². The molecule has 15 heavy (non-hydrogen) atoms. The third-order valence-corrected chi connectivity index (χ3v) is 3.13. The van der Waals surface area contributed by atoms with Crippen LogP contribution in [0.2, 0.25) is 5.02 Å². The Bertz CT molecular complexity index is 362. The monoisotopic (exact) mass is 231 g/mol. The quantitative estimate of drug-likeness (QED) is 0.731. The van der Waals surface area contributed by atoms with Gasteiger partial charge in [-0.2, -0.15) is 0 Å². The SMILES string of the molecule is Fc1ccc(C2CCCCN2)c(Cl)c1F. The zero-order valence-electron chi connectivity index (χ0n) is 8.19. The average molecular weight is 232 g/mol. The first-order chi connectivity index (χ1) is 7.20. The van der Waals surface area contributed by atoms with Gasteiger partial charge in [0.2, 0.25) is 0 Å². The predicted molar refractivity (Wildman–Crippen MR) is 56.0 cm³/mol. The van der Waals surface area contributed by atoms with E-state index >= 15 is 0 Å². The van der Waals surface area contributed by atoms with Crippen molar-refractivity contribution in [2.24, 2.45) is 0 Å². The number of rotatable bonds is 1. The van der Waals surface area contributed by atoms with Gasteiger partial charge in [-0.05, 0) is 31.0 Å². The van der Waals surface area contributed by atoms with Crippen molar-refractivity contribution in [3.05, 3.63) is 34.4 Å². The van der Waals surface area contributed by atoms with Gasteiger partial charge in [-0.1, -0.05) is 24.1 Å². The molecule has 0 aliphatic carbocycles. The number of halogens is 3. The third-order valence-electron chi connectivity index (χ3n) is 2.75. The Morgan fingerprint density at radius 1 is 1.27 bits per heavy atom. The van der Waals surface area contributed by atoms with Crippen LogP contribution < -0.4 is 5.32 Å². The lowest BCUT2D eigenvalue weighted by Crippen LogP contribution is -2.27. The molecule has 1 aliphatic rings. The lowest BCUT2D eigenvalue weighted by Gasteiger charge is -2.24. The summed E-state index contributed by atoms with van der Waals surface area (Å²) in [6, 6.07) is 2.75. The fraction of sp³-hybridized carbons (Fsp3) is 0.455. The van der Waals surface area contributed by atoms with Crippen molar-refractivity contribution in [3.63, 3.8) is 0 Å². The lowest BCUT2D eigenvalue weighted by molar-refractivity contribution is 0.409. The summed E-state index contributed by atoms with van der Waals surface area (Å²) in [5, 5.41) is 3.16. The van der Waals surface area contributed by atoms with E-state index in [9.17, 15) is 8.78 Å². The van der Waals surface area contributed by atoms with Crippen LogP contribution >= 0.6 is 11.6 Å². The van der Waals surface area contributed by atoms with Crippen LogP contribution in [-0.2, 0) is 0 Å². The molecule has 0 saturated carbocycles. The minimum atomic E-state index is -0.943. The zero-order valence-corrected chi connectivity index (χ0v) is 8.95. The molecule has 0 spiro atoms. The molecule has 1 unspecified atom stereocenters. The molecule has 1 nitrogen and oxygen atoms in total. The van der Waals surface area contributed by atoms with Gasteiger partial charge in [0.1, 0.15) is 0 Å². The Kier molecular flexibility index (Phi) is 3.22. The van der Waals surface area contributed by atoms with Crippen LogP contribution in [0.25, 0.3) is 0 Å². The molecule has 1 aliphatic heterocycles. The minimum absolute atomic E-state index is 0.0568. The summed E-state index contributed by atoms with van der Waals surface area (Å²) >= 11 is 5.78. The molecule has 1 heterocycles. The molecule has 1 aromatic rings. The van der Waals surface area contributed by atoms with E-state index in [0.717, 1.165) is 31.9 Å². The molecule has 0 bridgehead atoms. The van der Waals surface area contributed by atoms with Gasteiger partial charge in [-0.15, -0.1) is 0 Å². The van der Waals surface area contributed by atoms with Crippen molar-refractivity contribution in [1.82, 2.24) is 5.32 Å². The van der Waals surface area contributed by atoms with E-state index in [-0.39, 0.29) is 11.1 Å². The molecule has 1 N–H and O–H groups in total. The first-order valence-corrected chi connectivity index (χ1v) is 5.44. The van der Waals surface area contributed by atoms with Gasteiger partial charge < -0.3 is 5.32 Å². The molecule has 1 saturated heterocycles. The summed E-state index contributed by atoms with van der Waals surface area (Å²) in [5.41, 5.74) is 0.662. The molecular formula is C11H12ClF2N. The normalized spacial score (nSPS) is 21.7. The number of nitrogens with one attached hydrogen (secondary N) is 1. The summed E-state index contributed by atoms with van der Waals surface area (Å²) in [6.45, 7) is 0.903. The molecule has 82 valence electrons. The summed E-state index contributed by atoms with van der Waals surface area (Å²) in [4.78, 5) is 0. The molecule has 4 heteroatoms. The maximum atomic E-state index is 13.2. The van der Waals surface area contributed by atoms with Crippen molar-refractivity contribution in [2.45, 2.75) is 25.3 Å². The first kappa shape index (κ1) is 10.8. The topological polar surface area (TPSA) is 12.0 Å². The van der Waals surface area contributed by atoms with Gasteiger partial charge in [0.25, 0.3) is 0 Å². The smallest absolute Gasteiger partial charge is 0.177 e. The average Bonchev–Trinajstić information content (AvgIpc) is 2.27. The Labute approximate surface area is 92.4 Å². The van der Waals surface area contributed by atoms with E-state index < -0.39 is 11.6 Å². The second kappa shape index (κ2) is 4.45. The van der Waals surface area contributed by atoms with Gasteiger partial charge >= 0.3 is 0 Å². The highest BCUT2D eigenvalue weighted by Gasteiger charge is 2.20. The fourth-order valence-corrected chi connectivity index (χ4v) is 2.21. The summed E-state index contributed by atoms with van der Waals surface area (Å²) in [7, 11) is 0. The second-order valence-electron chi connectivity index (χ2n) is 3.77. The van der Waals surface area contributed by atoms with Crippen molar-refractivity contribution >= 4 is 11.6 Å². The molecule has 2 rings (SSSR count). The van der Waals surface area contributed by atoms with Gasteiger partial charge in [0, 0.05) is 6.04 Å². The Morgan fingerprint density at radius 2 is 2.07 bits per heavy atom. The number of hydrogen-bond donors (Lipinski definition) is 1. The van der Waals surface area contributed by atoms with Gasteiger partial charge in [-0.3, -0.25) is 0 Å². The molecule has 0 aromatic heterocycles. The van der Waals surface area contributed by atoms with Crippen molar-refractivity contribution in [2.75, 3.05) is 6.54 Å². The zero-order chi connectivity index (χ0) is 10.8. The van der Waals surface area contributed by atoms with E-state index in [1.165, 1.54) is 0 Å². The maximum Gasteiger partial charge on any atom is 0.177 e. The molecule has 1 fully saturated rings. The Hall–Kier alpha value is -0.670. The molecule has 1 atom stereocenters. The van der Waals surface area contributed by atoms with E-state index in [1.54, 1.807) is 6.07 Å². The highest BCUT2D eigenvalue weighted by molar-refractivity contribution is 6.31. The Balaban J connectivity index is 2.31. The van der Waals surface area contributed by atoms with Crippen molar-refractivity contribution in [1.29, 1.82) is 0 Å². The summed E-state index contributed by atoms with van der Waals surface area (Å²) in [6.07, 6.45) is 3.13. The van der Waals surface area contributed by atoms with Crippen molar-refractivity contribution in [3.8, 4) is 0 Å². The third kappa shape index (κ3) is 2.13. The van der Waals surface area contributed by atoms with Crippen LogP contribution in [0.1, 0.15) is 30.9 Å². The molecule has 0 radical (unpaired) electrons. The predicted octanol–water partition coefficient (Wildman–Crippen LogP) is 3.43. The fourth-order valence-electron chi connectivity index (χ4n) is 1.93. The largest absolute Gasteiger partial charge is 0.310 e. The van der Waals surface area contributed by atoms with Crippen LogP contribution in [0, 0.1) is 11.6 Å². The maximum absolute atomic E-state index is 13.2. The Morgan fingerprint density at radius 3 is 2.73 bits per heavy atom. The van der Waals surface area contributed by atoms with E-state index in [0.29, 0.717) is 5.56 Å². The minimum Gasteiger partial charge on any atom is -0.310 e. The van der Waals surface area contributed by atoms with E-state index in [1.807, 2.05) is 0 Å². The highest BCUT2D eigenvalue weighted by Crippen LogP contribution is 2.31. The number of benzene rings is 1. The van der Waals surface area contributed by atoms with Gasteiger partial charge in [0.05, 0.1) is 5.02 Å². The van der Waals surface area contributed by atoms with E-state index in [4.69, 9.17) is 11.6 Å². The lowest BCUT2D eigenvalue weighted by atomic mass is 9.97. The van der Waals surface area contributed by atoms with Gasteiger partial charge in [0.15, 0.2) is 11.6 Å². The van der Waals surface area contributed by atoms with Crippen LogP contribution in [0.5, 0.6) is 0 Å². The van der Waals surface area contributed by atoms with Gasteiger partial charge in [-0.25, -0.2) is 8.78 Å². The molecule has 1 aromatic carbocycles. The number of piperidine rings is 1. The van der Waals surface area contributed by atoms with Crippen LogP contribution in [-0.4, -0.2) is 6.54 Å². The van der Waals surface area contributed by atoms with Crippen molar-refractivity contribution < 1.29 is 8.78 Å². The summed E-state index contributed by atoms with van der Waals surface area (Å²) in [5.74, 6) is -1.83. The van der Waals surface area contributed by atoms with E-state index in [2.05, 4.69) is 5.32 Å². The standard InChI is InChI=1S/C11H12ClF2N/c12-10-7(4-5-8(13)11(10)14)9-3-1-2-6-15-9/h4-5,9,15H,1-3,6H2. The van der Waals surface area contributed by atoms with Crippen LogP contribution in [0.15, 0.2) is 12.1 Å². The first-order valence-electron chi connectivity index (χ1n) is 5.07.